The fraction of sp³-hybridized carbons (Fsp3) is 0.0400. The van der Waals surface area contributed by atoms with Crippen LogP contribution in [-0.4, -0.2) is 6.71 Å². The molecule has 0 amide bonds. The van der Waals surface area contributed by atoms with Crippen molar-refractivity contribution in [1.29, 1.82) is 0 Å². The number of fused-ring (bicyclic) bond motifs is 6. The molecule has 3 aliphatic heterocycles. The number of benzene rings is 12. The van der Waals surface area contributed by atoms with E-state index in [2.05, 4.69) is 298 Å². The molecular formula is C75H52BNO2. The van der Waals surface area contributed by atoms with Crippen molar-refractivity contribution >= 4 is 40.2 Å². The maximum Gasteiger partial charge on any atom is 0.256 e. The predicted octanol–water partition coefficient (Wildman–Crippen LogP) is 18.2. The fourth-order valence-corrected chi connectivity index (χ4v) is 12.6. The highest BCUT2D eigenvalue weighted by molar-refractivity contribution is 6.99. The predicted molar refractivity (Wildman–Crippen MR) is 329 cm³/mol. The smallest absolute Gasteiger partial charge is 0.256 e. The summed E-state index contributed by atoms with van der Waals surface area (Å²) >= 11 is 0. The van der Waals surface area contributed by atoms with E-state index in [1.165, 1.54) is 33.3 Å². The van der Waals surface area contributed by atoms with E-state index in [9.17, 15) is 0 Å². The third kappa shape index (κ3) is 7.90. The van der Waals surface area contributed by atoms with Crippen LogP contribution in [0.4, 0.5) is 17.1 Å². The molecule has 0 atom stereocenters. The molecule has 0 saturated heterocycles. The summed E-state index contributed by atoms with van der Waals surface area (Å²) in [5.74, 6) is 3.48. The molecule has 3 heterocycles. The van der Waals surface area contributed by atoms with Gasteiger partial charge in [-0.1, -0.05) is 238 Å². The minimum absolute atomic E-state index is 0.174. The van der Waals surface area contributed by atoms with Gasteiger partial charge >= 0.3 is 0 Å². The summed E-state index contributed by atoms with van der Waals surface area (Å²) in [6, 6.07) is 102. The van der Waals surface area contributed by atoms with Gasteiger partial charge in [0.1, 0.15) is 23.0 Å². The van der Waals surface area contributed by atoms with E-state index >= 15 is 0 Å². The van der Waals surface area contributed by atoms with Gasteiger partial charge in [0, 0.05) is 39.0 Å². The van der Waals surface area contributed by atoms with Crippen LogP contribution in [0.5, 0.6) is 23.0 Å². The first kappa shape index (κ1) is 46.4. The van der Waals surface area contributed by atoms with Crippen LogP contribution in [-0.2, 0) is 5.41 Å². The molecule has 0 saturated carbocycles. The Morgan fingerprint density at radius 1 is 0.291 bits per heavy atom. The molecule has 372 valence electrons. The van der Waals surface area contributed by atoms with Gasteiger partial charge in [0.25, 0.3) is 6.71 Å². The molecule has 0 aliphatic carbocycles. The molecule has 0 unspecified atom stereocenters. The molecular weight excluding hydrogens is 958 g/mol. The highest BCUT2D eigenvalue weighted by Crippen LogP contribution is 2.53. The van der Waals surface area contributed by atoms with E-state index in [1.54, 1.807) is 0 Å². The number of para-hydroxylation sites is 2. The Balaban J connectivity index is 1.03. The number of hydrogen-bond acceptors (Lipinski definition) is 3. The zero-order valence-corrected chi connectivity index (χ0v) is 43.9. The van der Waals surface area contributed by atoms with Gasteiger partial charge in [-0.15, -0.1) is 0 Å². The lowest BCUT2D eigenvalue weighted by molar-refractivity contribution is 0.418. The third-order valence-corrected chi connectivity index (χ3v) is 16.6. The molecule has 15 rings (SSSR count). The summed E-state index contributed by atoms with van der Waals surface area (Å²) < 4.78 is 14.0. The van der Waals surface area contributed by atoms with Gasteiger partial charge in [0.2, 0.25) is 0 Å². The van der Waals surface area contributed by atoms with Crippen LogP contribution < -0.4 is 30.8 Å². The number of nitrogens with zero attached hydrogens (tertiary/aromatic N) is 1. The zero-order valence-electron chi connectivity index (χ0n) is 43.9. The van der Waals surface area contributed by atoms with Crippen molar-refractivity contribution < 1.29 is 9.47 Å². The maximum atomic E-state index is 7.40. The van der Waals surface area contributed by atoms with Gasteiger partial charge < -0.3 is 14.4 Å². The van der Waals surface area contributed by atoms with Crippen molar-refractivity contribution in [1.82, 2.24) is 0 Å². The van der Waals surface area contributed by atoms with Gasteiger partial charge in [-0.2, -0.15) is 0 Å². The largest absolute Gasteiger partial charge is 0.458 e. The van der Waals surface area contributed by atoms with E-state index < -0.39 is 0 Å². The van der Waals surface area contributed by atoms with Crippen LogP contribution in [0.1, 0.15) is 25.0 Å². The van der Waals surface area contributed by atoms with Gasteiger partial charge in [-0.05, 0) is 138 Å². The Bertz CT molecular complexity index is 4240. The van der Waals surface area contributed by atoms with E-state index in [0.29, 0.717) is 0 Å². The van der Waals surface area contributed by atoms with Gasteiger partial charge in [0.15, 0.2) is 0 Å². The summed E-state index contributed by atoms with van der Waals surface area (Å²) in [7, 11) is 0. The molecule has 3 aliphatic rings. The number of ether oxygens (including phenoxy) is 2. The molecule has 3 nitrogen and oxygen atoms in total. The van der Waals surface area contributed by atoms with Crippen LogP contribution in [0.3, 0.4) is 0 Å². The van der Waals surface area contributed by atoms with Crippen LogP contribution in [0.25, 0.3) is 77.9 Å². The van der Waals surface area contributed by atoms with Crippen LogP contribution in [0.15, 0.2) is 279 Å². The average Bonchev–Trinajstić information content (AvgIpc) is 3.31. The first-order valence-electron chi connectivity index (χ1n) is 27.3. The molecule has 0 fully saturated rings. The monoisotopic (exact) mass is 1010 g/mol. The molecule has 12 aromatic rings. The van der Waals surface area contributed by atoms with Crippen LogP contribution in [0.2, 0.25) is 0 Å². The van der Waals surface area contributed by atoms with Gasteiger partial charge in [-0.3, -0.25) is 0 Å². The summed E-state index contributed by atoms with van der Waals surface area (Å²) in [4.78, 5) is 2.58. The Kier molecular flexibility index (Phi) is 11.0. The van der Waals surface area contributed by atoms with Crippen molar-refractivity contribution in [2.75, 3.05) is 4.90 Å². The molecule has 0 radical (unpaired) electrons. The second-order valence-corrected chi connectivity index (χ2v) is 21.6. The van der Waals surface area contributed by atoms with Crippen LogP contribution in [0, 0.1) is 0 Å². The maximum absolute atomic E-state index is 7.40. The number of anilines is 3. The molecule has 0 aromatic heterocycles. The Hall–Kier alpha value is -9.90. The average molecular weight is 1010 g/mol. The summed E-state index contributed by atoms with van der Waals surface area (Å²) in [6.07, 6.45) is 0. The van der Waals surface area contributed by atoms with E-state index in [0.717, 1.165) is 112 Å². The zero-order chi connectivity index (χ0) is 52.6. The third-order valence-electron chi connectivity index (χ3n) is 16.6. The first-order valence-corrected chi connectivity index (χ1v) is 27.3. The molecule has 79 heavy (non-hydrogen) atoms. The lowest BCUT2D eigenvalue weighted by Gasteiger charge is -2.42. The molecule has 0 bridgehead atoms. The molecule has 0 N–H and O–H groups in total. The lowest BCUT2D eigenvalue weighted by Crippen LogP contribution is -2.59. The highest BCUT2D eigenvalue weighted by Gasteiger charge is 2.44. The molecule has 0 spiro atoms. The van der Waals surface area contributed by atoms with Gasteiger partial charge in [-0.25, -0.2) is 0 Å². The van der Waals surface area contributed by atoms with Crippen molar-refractivity contribution in [3.63, 3.8) is 0 Å². The SMILES string of the molecule is CC1(C)c2ccccc2Oc2ccc(-c3cc4c5c(c3)N(c3c(-c6cccc(-c7ccccc7)c6)cccc3-c3cccc(-c6ccccc6)c3)c3ccc(-c6ccccc6)cc3B5c3cc(-c5ccccc5)ccc3O4)cc21. The summed E-state index contributed by atoms with van der Waals surface area (Å²) in [5.41, 5.74) is 24.7. The Morgan fingerprint density at radius 2 is 0.734 bits per heavy atom. The topological polar surface area (TPSA) is 21.7 Å². The van der Waals surface area contributed by atoms with E-state index in [1.807, 2.05) is 0 Å². The van der Waals surface area contributed by atoms with Crippen LogP contribution >= 0.6 is 0 Å². The Morgan fingerprint density at radius 3 is 1.33 bits per heavy atom. The van der Waals surface area contributed by atoms with Crippen molar-refractivity contribution in [2.24, 2.45) is 0 Å². The van der Waals surface area contributed by atoms with Crippen molar-refractivity contribution in [2.45, 2.75) is 19.3 Å². The molecule has 4 heteroatoms. The minimum atomic E-state index is -0.308. The van der Waals surface area contributed by atoms with Crippen molar-refractivity contribution in [3.8, 4) is 101 Å². The minimum Gasteiger partial charge on any atom is -0.458 e. The second-order valence-electron chi connectivity index (χ2n) is 21.6. The summed E-state index contributed by atoms with van der Waals surface area (Å²) in [5, 5.41) is 0. The second kappa shape index (κ2) is 18.7. The van der Waals surface area contributed by atoms with E-state index in [-0.39, 0.29) is 12.1 Å². The fourth-order valence-electron chi connectivity index (χ4n) is 12.6. The highest BCUT2D eigenvalue weighted by atomic mass is 16.5. The number of rotatable bonds is 8. The quantitative estimate of drug-likeness (QED) is 0.142. The lowest BCUT2D eigenvalue weighted by atomic mass is 9.34. The van der Waals surface area contributed by atoms with Gasteiger partial charge in [0.05, 0.1) is 5.69 Å². The van der Waals surface area contributed by atoms with Crippen molar-refractivity contribution in [3.05, 3.63) is 290 Å². The Labute approximate surface area is 462 Å². The van der Waals surface area contributed by atoms with E-state index in [4.69, 9.17) is 9.47 Å². The standard InChI is InChI=1S/C75H52BNO2/c1-75(2)63-34-15-16-35-69(63)78-70-40-37-55(44-64(70)75)60-47-68-73-72(48-60)79-71-41-38-57(52-26-13-6-14-27-52)46-66(71)76(73)65-45-56(51-24-11-5-12-25-51)36-39-67(65)77(68)74-61(58-30-17-28-53(42-58)49-20-7-3-8-21-49)32-19-33-62(74)59-31-18-29-54(43-59)50-22-9-4-10-23-50/h3-48H,1-2H3. The number of hydrogen-bond donors (Lipinski definition) is 0. The first-order chi connectivity index (χ1) is 38.9. The molecule has 12 aromatic carbocycles. The summed E-state index contributed by atoms with van der Waals surface area (Å²) in [6.45, 7) is 4.44. The normalized spacial score (nSPS) is 13.2.